The number of amides is 1. The van der Waals surface area contributed by atoms with E-state index in [4.69, 9.17) is 0 Å². The van der Waals surface area contributed by atoms with Gasteiger partial charge in [0.2, 0.25) is 0 Å². The van der Waals surface area contributed by atoms with Crippen molar-refractivity contribution in [3.8, 4) is 0 Å². The highest BCUT2D eigenvalue weighted by Gasteiger charge is 1.99. The molecule has 1 amide bonds. The minimum absolute atomic E-state index is 0.254. The van der Waals surface area contributed by atoms with E-state index in [1.807, 2.05) is 13.8 Å². The van der Waals surface area contributed by atoms with E-state index in [0.717, 1.165) is 6.08 Å². The normalized spacial score (nSPS) is 10.2. The van der Waals surface area contributed by atoms with Crippen LogP contribution < -0.4 is 0 Å². The fraction of sp³-hybridized carbons (Fsp3) is 0.333. The average molecular weight is 166 g/mol. The Morgan fingerprint density at radius 3 is 2.42 bits per heavy atom. The van der Waals surface area contributed by atoms with E-state index in [1.54, 1.807) is 11.1 Å². The van der Waals surface area contributed by atoms with Crippen LogP contribution in [0.1, 0.15) is 13.8 Å². The predicted octanol–water partition coefficient (Wildman–Crippen LogP) is 1.58. The Labute approximate surface area is 73.1 Å². The topological polar surface area (TPSA) is 32.7 Å². The molecule has 3 heteroatoms. The van der Waals surface area contributed by atoms with E-state index in [9.17, 15) is 4.79 Å². The van der Waals surface area contributed by atoms with Gasteiger partial charge in [0.05, 0.1) is 6.34 Å². The number of hydrogen-bond donors (Lipinski definition) is 0. The Balaban J connectivity index is 4.19. The average Bonchev–Trinajstić information content (AvgIpc) is 2.04. The summed E-state index contributed by atoms with van der Waals surface area (Å²) in [5.41, 5.74) is 0. The van der Waals surface area contributed by atoms with E-state index >= 15 is 0 Å². The van der Waals surface area contributed by atoms with Gasteiger partial charge < -0.3 is 4.90 Å². The van der Waals surface area contributed by atoms with Crippen LogP contribution in [0.25, 0.3) is 0 Å². The molecule has 0 fully saturated rings. The first-order chi connectivity index (χ1) is 5.61. The maximum absolute atomic E-state index is 10.7. The van der Waals surface area contributed by atoms with Gasteiger partial charge in [-0.1, -0.05) is 13.2 Å². The molecule has 0 aromatic carbocycles. The predicted molar refractivity (Wildman–Crippen MR) is 50.9 cm³/mol. The molecule has 66 valence electrons. The quantitative estimate of drug-likeness (QED) is 0.361. The van der Waals surface area contributed by atoms with Crippen molar-refractivity contribution in [1.29, 1.82) is 0 Å². The second-order valence-electron chi connectivity index (χ2n) is 2.51. The van der Waals surface area contributed by atoms with E-state index in [0.29, 0.717) is 0 Å². The Morgan fingerprint density at radius 1 is 1.50 bits per heavy atom. The van der Waals surface area contributed by atoms with Gasteiger partial charge in [-0.2, -0.15) is 4.99 Å². The summed E-state index contributed by atoms with van der Waals surface area (Å²) in [6, 6.07) is 0.254. The molecule has 12 heavy (non-hydrogen) atoms. The van der Waals surface area contributed by atoms with Gasteiger partial charge in [0.15, 0.2) is 0 Å². The van der Waals surface area contributed by atoms with Crippen molar-refractivity contribution in [1.82, 2.24) is 4.90 Å². The Bertz CT molecular complexity index is 207. The second kappa shape index (κ2) is 5.29. The summed E-state index contributed by atoms with van der Waals surface area (Å²) >= 11 is 0. The summed E-state index contributed by atoms with van der Waals surface area (Å²) in [5.74, 6) is -0.345. The van der Waals surface area contributed by atoms with Crippen molar-refractivity contribution in [2.45, 2.75) is 19.9 Å². The van der Waals surface area contributed by atoms with Crippen molar-refractivity contribution in [3.63, 3.8) is 0 Å². The highest BCUT2D eigenvalue weighted by atomic mass is 16.1. The van der Waals surface area contributed by atoms with Crippen LogP contribution in [-0.2, 0) is 4.79 Å². The summed E-state index contributed by atoms with van der Waals surface area (Å²) in [5, 5.41) is 0. The highest BCUT2D eigenvalue weighted by Crippen LogP contribution is 1.93. The highest BCUT2D eigenvalue weighted by molar-refractivity contribution is 5.92. The Hall–Kier alpha value is -1.38. The van der Waals surface area contributed by atoms with Crippen molar-refractivity contribution in [2.75, 3.05) is 0 Å². The fourth-order valence-electron chi connectivity index (χ4n) is 0.568. The van der Waals surface area contributed by atoms with Crippen molar-refractivity contribution < 1.29 is 4.79 Å². The van der Waals surface area contributed by atoms with Gasteiger partial charge in [-0.3, -0.25) is 4.79 Å². The number of hydrogen-bond acceptors (Lipinski definition) is 1. The van der Waals surface area contributed by atoms with Gasteiger partial charge in [-0.25, -0.2) is 0 Å². The molecule has 0 unspecified atom stereocenters. The summed E-state index contributed by atoms with van der Waals surface area (Å²) in [4.78, 5) is 16.0. The number of nitrogens with zero attached hydrogens (tertiary/aromatic N) is 2. The maximum Gasteiger partial charge on any atom is 0.270 e. The number of rotatable bonds is 4. The van der Waals surface area contributed by atoms with Crippen LogP contribution in [0.2, 0.25) is 0 Å². The van der Waals surface area contributed by atoms with Gasteiger partial charge >= 0.3 is 0 Å². The van der Waals surface area contributed by atoms with Crippen LogP contribution in [0.5, 0.6) is 0 Å². The lowest BCUT2D eigenvalue weighted by atomic mass is 10.4. The fourth-order valence-corrected chi connectivity index (χ4v) is 0.568. The molecule has 0 aliphatic heterocycles. The molecule has 0 bridgehead atoms. The lowest BCUT2D eigenvalue weighted by molar-refractivity contribution is -0.113. The largest absolute Gasteiger partial charge is 0.337 e. The number of carbonyl (C=O) groups excluding carboxylic acids is 1. The van der Waals surface area contributed by atoms with Crippen molar-refractivity contribution >= 4 is 12.2 Å². The summed E-state index contributed by atoms with van der Waals surface area (Å²) in [6.45, 7) is 10.8. The maximum atomic E-state index is 10.7. The zero-order valence-corrected chi connectivity index (χ0v) is 7.53. The number of aliphatic imine (C=N–C) groups is 1. The molecule has 0 saturated heterocycles. The van der Waals surface area contributed by atoms with Crippen molar-refractivity contribution in [3.05, 3.63) is 25.4 Å². The first kappa shape index (κ1) is 10.6. The first-order valence-corrected chi connectivity index (χ1v) is 3.72. The third-order valence-electron chi connectivity index (χ3n) is 1.30. The minimum Gasteiger partial charge on any atom is -0.337 e. The molecule has 0 aliphatic carbocycles. The van der Waals surface area contributed by atoms with Gasteiger partial charge in [0, 0.05) is 6.04 Å². The third-order valence-corrected chi connectivity index (χ3v) is 1.30. The molecular weight excluding hydrogens is 152 g/mol. The number of carbonyl (C=O) groups is 1. The molecule has 0 saturated carbocycles. The van der Waals surface area contributed by atoms with Gasteiger partial charge in [0.25, 0.3) is 5.91 Å². The van der Waals surface area contributed by atoms with Crippen LogP contribution in [0.3, 0.4) is 0 Å². The van der Waals surface area contributed by atoms with Gasteiger partial charge in [-0.15, -0.1) is 0 Å². The molecule has 0 N–H and O–H groups in total. The molecular formula is C9H14N2O. The van der Waals surface area contributed by atoms with Crippen LogP contribution in [0.15, 0.2) is 30.4 Å². The molecule has 0 aromatic heterocycles. The van der Waals surface area contributed by atoms with Crippen LogP contribution >= 0.6 is 0 Å². The summed E-state index contributed by atoms with van der Waals surface area (Å²) in [7, 11) is 0. The molecule has 0 rings (SSSR count). The van der Waals surface area contributed by atoms with Crippen molar-refractivity contribution in [2.24, 2.45) is 4.99 Å². The second-order valence-corrected chi connectivity index (χ2v) is 2.51. The summed E-state index contributed by atoms with van der Waals surface area (Å²) < 4.78 is 0. The van der Waals surface area contributed by atoms with Gasteiger partial charge in [0.1, 0.15) is 0 Å². The smallest absolute Gasteiger partial charge is 0.270 e. The lowest BCUT2D eigenvalue weighted by Crippen LogP contribution is -2.23. The SMILES string of the molecule is C=CC(=O)N=CN(C=C)C(C)C. The monoisotopic (exact) mass is 166 g/mol. The van der Waals surface area contributed by atoms with Crippen LogP contribution in [0, 0.1) is 0 Å². The molecule has 0 aromatic rings. The lowest BCUT2D eigenvalue weighted by Gasteiger charge is -2.17. The summed E-state index contributed by atoms with van der Waals surface area (Å²) in [6.07, 6.45) is 4.23. The van der Waals surface area contributed by atoms with E-state index < -0.39 is 0 Å². The van der Waals surface area contributed by atoms with E-state index in [1.165, 1.54) is 6.34 Å². The zero-order valence-electron chi connectivity index (χ0n) is 7.53. The van der Waals surface area contributed by atoms with E-state index in [-0.39, 0.29) is 11.9 Å². The third kappa shape index (κ3) is 3.71. The standard InChI is InChI=1S/C9H14N2O/c1-5-9(12)10-7-11(6-2)8(3)4/h5-8H,1-2H2,3-4H3. The van der Waals surface area contributed by atoms with Crippen LogP contribution in [0.4, 0.5) is 0 Å². The van der Waals surface area contributed by atoms with Crippen LogP contribution in [-0.4, -0.2) is 23.2 Å². The molecule has 0 atom stereocenters. The molecule has 0 heterocycles. The molecule has 0 aliphatic rings. The first-order valence-electron chi connectivity index (χ1n) is 3.72. The Kier molecular flexibility index (Phi) is 4.69. The minimum atomic E-state index is -0.345. The zero-order chi connectivity index (χ0) is 9.56. The Morgan fingerprint density at radius 2 is 2.08 bits per heavy atom. The van der Waals surface area contributed by atoms with Gasteiger partial charge in [-0.05, 0) is 26.1 Å². The van der Waals surface area contributed by atoms with E-state index in [2.05, 4.69) is 18.2 Å². The molecule has 0 radical (unpaired) electrons. The molecule has 0 spiro atoms. The molecule has 3 nitrogen and oxygen atoms in total.